The predicted molar refractivity (Wildman–Crippen MR) is 106 cm³/mol. The number of allylic oxidation sites excluding steroid dienone is 1. The van der Waals surface area contributed by atoms with Crippen molar-refractivity contribution in [2.75, 3.05) is 0 Å². The molecule has 0 radical (unpaired) electrons. The summed E-state index contributed by atoms with van der Waals surface area (Å²) in [6, 6.07) is 7.50. The zero-order chi connectivity index (χ0) is 22.6. The summed E-state index contributed by atoms with van der Waals surface area (Å²) in [6.45, 7) is 3.68. The Morgan fingerprint density at radius 3 is 2.32 bits per heavy atom. The Bertz CT molecular complexity index is 944. The Morgan fingerprint density at radius 1 is 1.13 bits per heavy atom. The summed E-state index contributed by atoms with van der Waals surface area (Å²) in [5, 5.41) is 8.66. The van der Waals surface area contributed by atoms with Crippen LogP contribution in [0, 0.1) is 28.9 Å². The highest BCUT2D eigenvalue weighted by Gasteiger charge is 2.36. The third-order valence-electron chi connectivity index (χ3n) is 5.71. The van der Waals surface area contributed by atoms with Gasteiger partial charge in [0.15, 0.2) is 0 Å². The van der Waals surface area contributed by atoms with E-state index >= 15 is 0 Å². The first kappa shape index (κ1) is 22.8. The second kappa shape index (κ2) is 9.51. The minimum atomic E-state index is -3.87. The van der Waals surface area contributed by atoms with Crippen molar-refractivity contribution in [2.45, 2.75) is 50.3 Å². The Morgan fingerprint density at radius 2 is 1.77 bits per heavy atom. The lowest BCUT2D eigenvalue weighted by Crippen LogP contribution is -2.25. The maximum absolute atomic E-state index is 14.7. The molecule has 0 N–H and O–H groups in total. The molecule has 3 rings (SSSR count). The van der Waals surface area contributed by atoms with Gasteiger partial charge >= 0.3 is 6.11 Å². The van der Waals surface area contributed by atoms with E-state index < -0.39 is 40.8 Å². The molecule has 2 aromatic carbocycles. The molecule has 31 heavy (non-hydrogen) atoms. The van der Waals surface area contributed by atoms with Gasteiger partial charge in [0.1, 0.15) is 35.2 Å². The molecule has 3 atom stereocenters. The largest absolute Gasteiger partial charge is 0.429 e. The van der Waals surface area contributed by atoms with E-state index in [0.717, 1.165) is 31.4 Å². The van der Waals surface area contributed by atoms with Gasteiger partial charge in [-0.3, -0.25) is 0 Å². The molecule has 0 heterocycles. The predicted octanol–water partition coefficient (Wildman–Crippen LogP) is 7.15. The minimum absolute atomic E-state index is 0.300. The van der Waals surface area contributed by atoms with Crippen molar-refractivity contribution in [1.82, 2.24) is 0 Å². The van der Waals surface area contributed by atoms with Crippen LogP contribution >= 0.6 is 0 Å². The van der Waals surface area contributed by atoms with E-state index in [1.165, 1.54) is 18.2 Å². The monoisotopic (exact) mass is 435 g/mol. The fourth-order valence-corrected chi connectivity index (χ4v) is 4.03. The van der Waals surface area contributed by atoms with E-state index in [-0.39, 0.29) is 5.92 Å². The molecular formula is C24H22F5NO. The molecular weight excluding hydrogens is 413 g/mol. The molecule has 0 spiro atoms. The molecule has 0 amide bonds. The molecule has 0 aliphatic heterocycles. The molecule has 1 saturated carbocycles. The van der Waals surface area contributed by atoms with Crippen LogP contribution < -0.4 is 4.74 Å². The Labute approximate surface area is 178 Å². The molecule has 0 aromatic heterocycles. The average molecular weight is 435 g/mol. The van der Waals surface area contributed by atoms with Gasteiger partial charge in [-0.05, 0) is 55.7 Å². The molecule has 2 nitrogen and oxygen atoms in total. The SMILES string of the molecule is C=CCCC1CCC(c2ccc(C(F)(F)Oc3cc(F)c(C#N)c(F)c3)cc2)C(F)C1. The van der Waals surface area contributed by atoms with Gasteiger partial charge in [0.2, 0.25) is 0 Å². The van der Waals surface area contributed by atoms with Crippen LogP contribution in [0.3, 0.4) is 0 Å². The van der Waals surface area contributed by atoms with Crippen molar-refractivity contribution in [3.63, 3.8) is 0 Å². The standard InChI is InChI=1S/C24H22F5NO/c1-2-3-4-15-5-10-19(21(25)11-15)16-6-8-17(9-7-16)24(28,29)31-18-12-22(26)20(14-30)23(27)13-18/h2,6-9,12-13,15,19,21H,1,3-5,10-11H2. The summed E-state index contributed by atoms with van der Waals surface area (Å²) in [7, 11) is 0. The zero-order valence-electron chi connectivity index (χ0n) is 16.8. The first-order valence-electron chi connectivity index (χ1n) is 10.1. The Balaban J connectivity index is 1.71. The van der Waals surface area contributed by atoms with Crippen molar-refractivity contribution < 1.29 is 26.7 Å². The number of benzene rings is 2. The lowest BCUT2D eigenvalue weighted by atomic mass is 9.76. The van der Waals surface area contributed by atoms with E-state index in [1.54, 1.807) is 0 Å². The van der Waals surface area contributed by atoms with Gasteiger partial charge in [-0.2, -0.15) is 14.0 Å². The lowest BCUT2D eigenvalue weighted by molar-refractivity contribution is -0.185. The number of nitriles is 1. The van der Waals surface area contributed by atoms with Crippen LogP contribution in [0.1, 0.15) is 54.7 Å². The third-order valence-corrected chi connectivity index (χ3v) is 5.71. The number of halogens is 5. The molecule has 1 aliphatic rings. The summed E-state index contributed by atoms with van der Waals surface area (Å²) in [5.74, 6) is -3.38. The number of hydrogen-bond acceptors (Lipinski definition) is 2. The first-order valence-corrected chi connectivity index (χ1v) is 10.1. The fraction of sp³-hybridized carbons (Fsp3) is 0.375. The topological polar surface area (TPSA) is 33.0 Å². The van der Waals surface area contributed by atoms with Crippen LogP contribution in [0.15, 0.2) is 49.1 Å². The number of rotatable bonds is 7. The second-order valence-electron chi connectivity index (χ2n) is 7.78. The fourth-order valence-electron chi connectivity index (χ4n) is 4.03. The number of ether oxygens (including phenoxy) is 1. The highest BCUT2D eigenvalue weighted by molar-refractivity contribution is 5.38. The van der Waals surface area contributed by atoms with Crippen molar-refractivity contribution in [2.24, 2.45) is 5.92 Å². The average Bonchev–Trinajstić information content (AvgIpc) is 2.72. The first-order chi connectivity index (χ1) is 14.7. The van der Waals surface area contributed by atoms with Crippen LogP contribution in [-0.4, -0.2) is 6.17 Å². The van der Waals surface area contributed by atoms with Gasteiger partial charge in [0.05, 0.1) is 5.56 Å². The van der Waals surface area contributed by atoms with Gasteiger partial charge in [-0.25, -0.2) is 13.2 Å². The lowest BCUT2D eigenvalue weighted by Gasteiger charge is -2.32. The van der Waals surface area contributed by atoms with Crippen LogP contribution in [0.4, 0.5) is 22.0 Å². The third kappa shape index (κ3) is 5.25. The van der Waals surface area contributed by atoms with Gasteiger partial charge in [0.25, 0.3) is 0 Å². The van der Waals surface area contributed by atoms with Gasteiger partial charge in [-0.1, -0.05) is 18.2 Å². The second-order valence-corrected chi connectivity index (χ2v) is 7.78. The number of alkyl halides is 3. The van der Waals surface area contributed by atoms with Gasteiger partial charge in [0, 0.05) is 18.1 Å². The van der Waals surface area contributed by atoms with Crippen molar-refractivity contribution in [1.29, 1.82) is 5.26 Å². The molecule has 3 unspecified atom stereocenters. The van der Waals surface area contributed by atoms with Crippen LogP contribution in [0.2, 0.25) is 0 Å². The van der Waals surface area contributed by atoms with Crippen LogP contribution in [-0.2, 0) is 6.11 Å². The molecule has 0 saturated heterocycles. The molecule has 1 aliphatic carbocycles. The summed E-state index contributed by atoms with van der Waals surface area (Å²) >= 11 is 0. The quantitative estimate of drug-likeness (QED) is 0.342. The highest BCUT2D eigenvalue weighted by Crippen LogP contribution is 2.40. The van der Waals surface area contributed by atoms with Gasteiger partial charge in [-0.15, -0.1) is 6.58 Å². The maximum atomic E-state index is 14.7. The Hall–Kier alpha value is -2.88. The van der Waals surface area contributed by atoms with E-state index in [1.807, 2.05) is 6.08 Å². The molecule has 164 valence electrons. The minimum Gasteiger partial charge on any atom is -0.429 e. The van der Waals surface area contributed by atoms with Crippen molar-refractivity contribution in [3.8, 4) is 11.8 Å². The molecule has 0 bridgehead atoms. The number of hydrogen-bond donors (Lipinski definition) is 0. The van der Waals surface area contributed by atoms with E-state index in [2.05, 4.69) is 11.3 Å². The summed E-state index contributed by atoms with van der Waals surface area (Å²) < 4.78 is 75.5. The molecule has 1 fully saturated rings. The highest BCUT2D eigenvalue weighted by atomic mass is 19.3. The van der Waals surface area contributed by atoms with Crippen LogP contribution in [0.25, 0.3) is 0 Å². The zero-order valence-corrected chi connectivity index (χ0v) is 16.8. The maximum Gasteiger partial charge on any atom is 0.426 e. The normalized spacial score (nSPS) is 21.4. The van der Waals surface area contributed by atoms with Crippen LogP contribution in [0.5, 0.6) is 5.75 Å². The van der Waals surface area contributed by atoms with E-state index in [9.17, 15) is 22.0 Å². The molecule has 7 heteroatoms. The summed E-state index contributed by atoms with van der Waals surface area (Å²) in [6.07, 6.45) is 0.596. The van der Waals surface area contributed by atoms with E-state index in [0.29, 0.717) is 36.5 Å². The molecule has 2 aromatic rings. The van der Waals surface area contributed by atoms with Gasteiger partial charge < -0.3 is 4.74 Å². The Kier molecular flexibility index (Phi) is 6.99. The number of nitrogens with zero attached hydrogens (tertiary/aromatic N) is 1. The van der Waals surface area contributed by atoms with Crippen molar-refractivity contribution >= 4 is 0 Å². The van der Waals surface area contributed by atoms with Crippen molar-refractivity contribution in [3.05, 3.63) is 77.4 Å². The summed E-state index contributed by atoms with van der Waals surface area (Å²) in [5.41, 5.74) is -0.777. The van der Waals surface area contributed by atoms with E-state index in [4.69, 9.17) is 5.26 Å². The smallest absolute Gasteiger partial charge is 0.426 e. The summed E-state index contributed by atoms with van der Waals surface area (Å²) in [4.78, 5) is 0.